The molecule has 0 atom stereocenters. The second-order valence-corrected chi connectivity index (χ2v) is 0.846. The molecule has 0 saturated carbocycles. The van der Waals surface area contributed by atoms with Crippen LogP contribution in [0.25, 0.3) is 0 Å². The Hall–Kier alpha value is 0.873. The molecule has 0 aromatic rings. The van der Waals surface area contributed by atoms with Crippen LogP contribution in [0.3, 0.4) is 0 Å². The molecule has 3 heteroatoms. The minimum Gasteiger partial charge on any atom is -0.387 e. The summed E-state index contributed by atoms with van der Waals surface area (Å²) in [5.41, 5.74) is 0. The monoisotopic (exact) mass is 173 g/mol. The number of hydrogen-bond acceptors (Lipinski definition) is 1. The third-order valence-electron chi connectivity index (χ3n) is 0.348. The van der Waals surface area contributed by atoms with Gasteiger partial charge in [-0.15, -0.1) is 12.4 Å². The Labute approximate surface area is 64.0 Å². The zero-order chi connectivity index (χ0) is 4.12. The van der Waals surface area contributed by atoms with E-state index in [2.05, 4.69) is 11.7 Å². The van der Waals surface area contributed by atoms with E-state index in [0.717, 1.165) is 13.0 Å². The molecule has 0 N–H and O–H groups in total. The molecule has 0 aromatic heterocycles. The van der Waals surface area contributed by atoms with E-state index in [1.807, 2.05) is 0 Å². The number of ether oxygens (including phenoxy) is 1. The molecular weight excluding hydrogens is 165 g/mol. The minimum atomic E-state index is 0. The van der Waals surface area contributed by atoms with Crippen LogP contribution in [0.2, 0.25) is 0 Å². The Morgan fingerprint density at radius 1 is 1.57 bits per heavy atom. The van der Waals surface area contributed by atoms with E-state index < -0.39 is 0 Å². The zero-order valence-corrected chi connectivity index (χ0v) is 8.43. The molecule has 0 aliphatic heterocycles. The average Bonchev–Trinajstić information content (AvgIpc) is 1.41. The van der Waals surface area contributed by atoms with Gasteiger partial charge in [-0.25, -0.2) is 0 Å². The van der Waals surface area contributed by atoms with Crippen molar-refractivity contribution >= 4 is 12.4 Å². The summed E-state index contributed by atoms with van der Waals surface area (Å²) in [6, 6.07) is 0. The number of hydrogen-bond donors (Lipinski definition) is 0. The number of methoxy groups -OCH3 is 1. The fraction of sp³-hybridized carbons (Fsp3) is 0.750. The SMILES string of the molecule is Cl.[CH2-]CCOC.[Zn]. The first-order valence-corrected chi connectivity index (χ1v) is 1.70. The van der Waals surface area contributed by atoms with Crippen molar-refractivity contribution in [2.75, 3.05) is 13.7 Å². The van der Waals surface area contributed by atoms with Gasteiger partial charge in [0.15, 0.2) is 0 Å². The van der Waals surface area contributed by atoms with Crippen molar-refractivity contribution in [2.45, 2.75) is 6.42 Å². The molecule has 0 rings (SSSR count). The maximum atomic E-state index is 4.63. The van der Waals surface area contributed by atoms with Crippen molar-refractivity contribution in [2.24, 2.45) is 0 Å². The molecular formula is C4H10ClOZn-. The summed E-state index contributed by atoms with van der Waals surface area (Å²) in [4.78, 5) is 0. The molecule has 0 amide bonds. The molecule has 0 unspecified atom stereocenters. The zero-order valence-electron chi connectivity index (χ0n) is 4.64. The van der Waals surface area contributed by atoms with Crippen LogP contribution in [0.5, 0.6) is 0 Å². The molecule has 0 heterocycles. The summed E-state index contributed by atoms with van der Waals surface area (Å²) < 4.78 is 4.63. The fourth-order valence-electron chi connectivity index (χ4n) is 0.144. The van der Waals surface area contributed by atoms with Gasteiger partial charge in [0.1, 0.15) is 0 Å². The third kappa shape index (κ3) is 19.8. The van der Waals surface area contributed by atoms with Gasteiger partial charge in [0.2, 0.25) is 0 Å². The Bertz CT molecular complexity index is 19.2. The summed E-state index contributed by atoms with van der Waals surface area (Å²) in [5.74, 6) is 0. The molecule has 0 spiro atoms. The maximum Gasteiger partial charge on any atom is 0.0353 e. The topological polar surface area (TPSA) is 9.23 Å². The fourth-order valence-corrected chi connectivity index (χ4v) is 0.144. The number of rotatable bonds is 2. The molecule has 0 aliphatic rings. The Morgan fingerprint density at radius 3 is 2.00 bits per heavy atom. The molecule has 0 bridgehead atoms. The van der Waals surface area contributed by atoms with Gasteiger partial charge >= 0.3 is 0 Å². The molecule has 1 nitrogen and oxygen atoms in total. The largest absolute Gasteiger partial charge is 0.387 e. The van der Waals surface area contributed by atoms with E-state index in [1.165, 1.54) is 0 Å². The van der Waals surface area contributed by atoms with E-state index in [1.54, 1.807) is 7.11 Å². The van der Waals surface area contributed by atoms with Crippen LogP contribution in [0, 0.1) is 6.92 Å². The van der Waals surface area contributed by atoms with Gasteiger partial charge in [-0.2, -0.15) is 6.42 Å². The molecule has 0 fully saturated rings. The van der Waals surface area contributed by atoms with Crippen molar-refractivity contribution in [1.29, 1.82) is 0 Å². The van der Waals surface area contributed by atoms with Gasteiger partial charge in [-0.05, 0) is 0 Å². The maximum absolute atomic E-state index is 4.63. The molecule has 0 radical (unpaired) electrons. The minimum absolute atomic E-state index is 0. The second kappa shape index (κ2) is 15.8. The standard InChI is InChI=1S/C4H9O.ClH.Zn/c1-3-4-5-2;;/h1,3-4H2,2H3;1H;/q-1;;. The Balaban J connectivity index is -0.0000000800. The molecule has 7 heavy (non-hydrogen) atoms. The van der Waals surface area contributed by atoms with E-state index in [0.29, 0.717) is 0 Å². The summed E-state index contributed by atoms with van der Waals surface area (Å²) in [6.45, 7) is 4.33. The molecule has 0 aromatic carbocycles. The second-order valence-electron chi connectivity index (χ2n) is 0.846. The van der Waals surface area contributed by atoms with Crippen molar-refractivity contribution in [3.63, 3.8) is 0 Å². The average molecular weight is 175 g/mol. The molecule has 0 aliphatic carbocycles. The van der Waals surface area contributed by atoms with Crippen LogP contribution in [0.1, 0.15) is 6.42 Å². The van der Waals surface area contributed by atoms with Crippen molar-refractivity contribution in [1.82, 2.24) is 0 Å². The van der Waals surface area contributed by atoms with E-state index in [-0.39, 0.29) is 31.9 Å². The Morgan fingerprint density at radius 2 is 2.00 bits per heavy atom. The van der Waals surface area contributed by atoms with Crippen LogP contribution < -0.4 is 0 Å². The van der Waals surface area contributed by atoms with Crippen molar-refractivity contribution in [3.05, 3.63) is 6.92 Å². The predicted molar refractivity (Wildman–Crippen MR) is 29.1 cm³/mol. The van der Waals surface area contributed by atoms with E-state index in [4.69, 9.17) is 0 Å². The van der Waals surface area contributed by atoms with Crippen molar-refractivity contribution in [3.8, 4) is 0 Å². The summed E-state index contributed by atoms with van der Waals surface area (Å²) >= 11 is 0. The first-order chi connectivity index (χ1) is 2.41. The smallest absolute Gasteiger partial charge is 0.0353 e. The first kappa shape index (κ1) is 15.7. The van der Waals surface area contributed by atoms with E-state index >= 15 is 0 Å². The summed E-state index contributed by atoms with van der Waals surface area (Å²) in [5, 5.41) is 0. The van der Waals surface area contributed by atoms with Crippen LogP contribution >= 0.6 is 12.4 Å². The van der Waals surface area contributed by atoms with Crippen molar-refractivity contribution < 1.29 is 24.2 Å². The number of halogens is 1. The van der Waals surface area contributed by atoms with Crippen LogP contribution in [-0.4, -0.2) is 13.7 Å². The van der Waals surface area contributed by atoms with Gasteiger partial charge in [0, 0.05) is 33.2 Å². The predicted octanol–water partition coefficient (Wildman–Crippen LogP) is 1.28. The first-order valence-electron chi connectivity index (χ1n) is 1.70. The van der Waals surface area contributed by atoms with E-state index in [9.17, 15) is 0 Å². The summed E-state index contributed by atoms with van der Waals surface area (Å²) in [7, 11) is 1.67. The molecule has 42 valence electrons. The van der Waals surface area contributed by atoms with Crippen LogP contribution in [0.4, 0.5) is 0 Å². The van der Waals surface area contributed by atoms with Crippen LogP contribution in [-0.2, 0) is 24.2 Å². The summed E-state index contributed by atoms with van der Waals surface area (Å²) in [6.07, 6.45) is 0.872. The van der Waals surface area contributed by atoms with Crippen LogP contribution in [0.15, 0.2) is 0 Å². The van der Waals surface area contributed by atoms with Gasteiger partial charge < -0.3 is 11.7 Å². The quantitative estimate of drug-likeness (QED) is 0.453. The van der Waals surface area contributed by atoms with Gasteiger partial charge in [0.25, 0.3) is 0 Å². The van der Waals surface area contributed by atoms with Gasteiger partial charge in [0.05, 0.1) is 0 Å². The Kier molecular flexibility index (Phi) is 35.4. The molecule has 0 saturated heterocycles. The normalized spacial score (nSPS) is 6.00. The van der Waals surface area contributed by atoms with Gasteiger partial charge in [-0.1, -0.05) is 0 Å². The van der Waals surface area contributed by atoms with Gasteiger partial charge in [-0.3, -0.25) is 0 Å². The third-order valence-corrected chi connectivity index (χ3v) is 0.348.